The lowest BCUT2D eigenvalue weighted by molar-refractivity contribution is 0.190. The number of sulfone groups is 1. The van der Waals surface area contributed by atoms with Crippen LogP contribution in [0.4, 0.5) is 5.69 Å². The van der Waals surface area contributed by atoms with Gasteiger partial charge >= 0.3 is 0 Å². The molecule has 0 amide bonds. The molecule has 0 spiro atoms. The fourth-order valence-electron chi connectivity index (χ4n) is 2.14. The molecule has 17 heavy (non-hydrogen) atoms. The van der Waals surface area contributed by atoms with E-state index in [0.717, 1.165) is 17.7 Å². The van der Waals surface area contributed by atoms with Crippen LogP contribution in [0.1, 0.15) is 12.5 Å². The predicted octanol–water partition coefficient (Wildman–Crippen LogP) is 0.819. The van der Waals surface area contributed by atoms with Crippen molar-refractivity contribution in [1.82, 2.24) is 0 Å². The van der Waals surface area contributed by atoms with E-state index in [2.05, 4.69) is 5.32 Å². The number of benzene rings is 1. The highest BCUT2D eigenvalue weighted by Gasteiger charge is 2.36. The Morgan fingerprint density at radius 1 is 1.35 bits per heavy atom. The Labute approximate surface area is 102 Å². The number of aliphatic hydroxyl groups excluding tert-OH is 1. The molecule has 0 unspecified atom stereocenters. The number of hydrogen-bond acceptors (Lipinski definition) is 4. The lowest BCUT2D eigenvalue weighted by atomic mass is 10.1. The third kappa shape index (κ3) is 2.79. The average Bonchev–Trinajstić information content (AvgIpc) is 2.52. The molecule has 0 bridgehead atoms. The van der Waals surface area contributed by atoms with Gasteiger partial charge in [0.2, 0.25) is 0 Å². The predicted molar refractivity (Wildman–Crippen MR) is 67.9 cm³/mol. The summed E-state index contributed by atoms with van der Waals surface area (Å²) in [5.41, 5.74) is 2.04. The van der Waals surface area contributed by atoms with Gasteiger partial charge < -0.3 is 10.4 Å². The summed E-state index contributed by atoms with van der Waals surface area (Å²) >= 11 is 0. The summed E-state index contributed by atoms with van der Waals surface area (Å²) in [4.78, 5) is 0. The zero-order valence-corrected chi connectivity index (χ0v) is 10.6. The molecule has 1 aliphatic rings. The fourth-order valence-corrected chi connectivity index (χ4v) is 3.88. The van der Waals surface area contributed by atoms with Crippen LogP contribution in [0.15, 0.2) is 24.3 Å². The van der Waals surface area contributed by atoms with Gasteiger partial charge in [0.15, 0.2) is 9.84 Å². The van der Waals surface area contributed by atoms with Crippen LogP contribution >= 0.6 is 0 Å². The van der Waals surface area contributed by atoms with Crippen molar-refractivity contribution in [2.75, 3.05) is 16.8 Å². The second-order valence-corrected chi connectivity index (χ2v) is 6.56. The van der Waals surface area contributed by atoms with E-state index >= 15 is 0 Å². The van der Waals surface area contributed by atoms with Crippen molar-refractivity contribution in [2.24, 2.45) is 0 Å². The monoisotopic (exact) mass is 255 g/mol. The van der Waals surface area contributed by atoms with Crippen LogP contribution in [0.3, 0.4) is 0 Å². The molecule has 1 aromatic rings. The van der Waals surface area contributed by atoms with Gasteiger partial charge in [-0.15, -0.1) is 0 Å². The van der Waals surface area contributed by atoms with E-state index in [4.69, 9.17) is 0 Å². The standard InChI is InChI=1S/C12H17NO3S/c1-2-9-5-3-4-6-10(9)13-11-7-17(15,16)8-12(11)14/h3-6,11-14H,2,7-8H2,1H3/t11-,12+/m0/s1. The molecule has 2 N–H and O–H groups in total. The molecule has 5 heteroatoms. The number of para-hydroxylation sites is 1. The Morgan fingerprint density at radius 3 is 2.65 bits per heavy atom. The first kappa shape index (κ1) is 12.4. The van der Waals surface area contributed by atoms with Gasteiger partial charge in [0, 0.05) is 5.69 Å². The normalized spacial score (nSPS) is 26.9. The Bertz CT molecular complexity index is 498. The Hall–Kier alpha value is -1.07. The first-order valence-electron chi connectivity index (χ1n) is 5.75. The maximum atomic E-state index is 11.4. The molecule has 0 aliphatic carbocycles. The highest BCUT2D eigenvalue weighted by Crippen LogP contribution is 2.21. The molecular weight excluding hydrogens is 238 g/mol. The highest BCUT2D eigenvalue weighted by atomic mass is 32.2. The molecule has 0 aromatic heterocycles. The molecule has 1 fully saturated rings. The fraction of sp³-hybridized carbons (Fsp3) is 0.500. The Balaban J connectivity index is 2.16. The average molecular weight is 255 g/mol. The van der Waals surface area contributed by atoms with Crippen molar-refractivity contribution in [3.63, 3.8) is 0 Å². The van der Waals surface area contributed by atoms with Crippen LogP contribution < -0.4 is 5.32 Å². The number of hydrogen-bond donors (Lipinski definition) is 2. The lowest BCUT2D eigenvalue weighted by Crippen LogP contribution is -2.32. The smallest absolute Gasteiger partial charge is 0.155 e. The molecule has 0 radical (unpaired) electrons. The number of rotatable bonds is 3. The Morgan fingerprint density at radius 2 is 2.06 bits per heavy atom. The van der Waals surface area contributed by atoms with Crippen LogP contribution in [-0.2, 0) is 16.3 Å². The zero-order chi connectivity index (χ0) is 12.5. The minimum absolute atomic E-state index is 0.00617. The molecule has 1 saturated heterocycles. The molecule has 94 valence electrons. The zero-order valence-electron chi connectivity index (χ0n) is 9.76. The van der Waals surface area contributed by atoms with E-state index in [1.54, 1.807) is 0 Å². The second-order valence-electron chi connectivity index (χ2n) is 4.41. The maximum absolute atomic E-state index is 11.4. The van der Waals surface area contributed by atoms with Gasteiger partial charge in [-0.25, -0.2) is 8.42 Å². The van der Waals surface area contributed by atoms with E-state index in [1.807, 2.05) is 31.2 Å². The van der Waals surface area contributed by atoms with Gasteiger partial charge in [0.05, 0.1) is 23.7 Å². The third-order valence-corrected chi connectivity index (χ3v) is 4.78. The number of anilines is 1. The molecule has 1 aliphatic heterocycles. The van der Waals surface area contributed by atoms with Gasteiger partial charge in [-0.2, -0.15) is 0 Å². The molecule has 1 heterocycles. The second kappa shape index (κ2) is 4.66. The van der Waals surface area contributed by atoms with Crippen molar-refractivity contribution in [3.8, 4) is 0 Å². The van der Waals surface area contributed by atoms with E-state index in [0.29, 0.717) is 0 Å². The molecule has 2 atom stereocenters. The van der Waals surface area contributed by atoms with Crippen molar-refractivity contribution < 1.29 is 13.5 Å². The molecule has 4 nitrogen and oxygen atoms in total. The van der Waals surface area contributed by atoms with Crippen LogP contribution in [0.25, 0.3) is 0 Å². The van der Waals surface area contributed by atoms with Crippen LogP contribution in [0.2, 0.25) is 0 Å². The van der Waals surface area contributed by atoms with Gasteiger partial charge in [-0.3, -0.25) is 0 Å². The summed E-state index contributed by atoms with van der Waals surface area (Å²) in [6.45, 7) is 2.04. The summed E-state index contributed by atoms with van der Waals surface area (Å²) in [6, 6.07) is 7.37. The van der Waals surface area contributed by atoms with Gasteiger partial charge in [-0.1, -0.05) is 25.1 Å². The number of nitrogens with one attached hydrogen (secondary N) is 1. The summed E-state index contributed by atoms with van der Waals surface area (Å²) in [5.74, 6) is -0.134. The minimum Gasteiger partial charge on any atom is -0.390 e. The summed E-state index contributed by atoms with van der Waals surface area (Å²) in [5, 5.41) is 12.8. The maximum Gasteiger partial charge on any atom is 0.155 e. The van der Waals surface area contributed by atoms with E-state index < -0.39 is 22.0 Å². The SMILES string of the molecule is CCc1ccccc1N[C@H]1CS(=O)(=O)C[C@H]1O. The molecule has 1 aromatic carbocycles. The molecule has 2 rings (SSSR count). The van der Waals surface area contributed by atoms with Crippen molar-refractivity contribution in [3.05, 3.63) is 29.8 Å². The first-order chi connectivity index (χ1) is 8.02. The largest absolute Gasteiger partial charge is 0.390 e. The van der Waals surface area contributed by atoms with Crippen LogP contribution in [0.5, 0.6) is 0 Å². The first-order valence-corrected chi connectivity index (χ1v) is 7.57. The quantitative estimate of drug-likeness (QED) is 0.839. The van der Waals surface area contributed by atoms with Crippen molar-refractivity contribution >= 4 is 15.5 Å². The Kier molecular flexibility index (Phi) is 3.40. The van der Waals surface area contributed by atoms with Crippen LogP contribution in [0, 0.1) is 0 Å². The summed E-state index contributed by atoms with van der Waals surface area (Å²) < 4.78 is 22.8. The van der Waals surface area contributed by atoms with E-state index in [1.165, 1.54) is 0 Å². The van der Waals surface area contributed by atoms with Crippen LogP contribution in [-0.4, -0.2) is 37.2 Å². The molecule has 0 saturated carbocycles. The van der Waals surface area contributed by atoms with Gasteiger partial charge in [0.25, 0.3) is 0 Å². The lowest BCUT2D eigenvalue weighted by Gasteiger charge is -2.18. The topological polar surface area (TPSA) is 66.4 Å². The third-order valence-electron chi connectivity index (χ3n) is 3.06. The van der Waals surface area contributed by atoms with Gasteiger partial charge in [-0.05, 0) is 18.1 Å². The van der Waals surface area contributed by atoms with Crippen molar-refractivity contribution in [1.29, 1.82) is 0 Å². The van der Waals surface area contributed by atoms with E-state index in [-0.39, 0.29) is 11.5 Å². The van der Waals surface area contributed by atoms with E-state index in [9.17, 15) is 13.5 Å². The summed E-state index contributed by atoms with van der Waals surface area (Å²) in [7, 11) is -3.10. The highest BCUT2D eigenvalue weighted by molar-refractivity contribution is 7.91. The summed E-state index contributed by atoms with van der Waals surface area (Å²) in [6.07, 6.45) is 0.0589. The number of aryl methyl sites for hydroxylation is 1. The van der Waals surface area contributed by atoms with Crippen molar-refractivity contribution in [2.45, 2.75) is 25.5 Å². The number of aliphatic hydroxyl groups is 1. The minimum atomic E-state index is -3.10. The van der Waals surface area contributed by atoms with Gasteiger partial charge in [0.1, 0.15) is 0 Å². The molecular formula is C12H17NO3S.